The summed E-state index contributed by atoms with van der Waals surface area (Å²) in [5, 5.41) is 8.92. The van der Waals surface area contributed by atoms with E-state index in [4.69, 9.17) is 10.00 Å². The Morgan fingerprint density at radius 1 is 1.20 bits per heavy atom. The van der Waals surface area contributed by atoms with E-state index in [1.165, 1.54) is 4.90 Å². The van der Waals surface area contributed by atoms with Crippen LogP contribution in [0.25, 0.3) is 0 Å². The van der Waals surface area contributed by atoms with Crippen LogP contribution >= 0.6 is 0 Å². The minimum Gasteiger partial charge on any atom is -0.492 e. The summed E-state index contributed by atoms with van der Waals surface area (Å²) < 4.78 is 5.52. The normalized spacial score (nSPS) is 15.1. The molecule has 0 aromatic heterocycles. The average molecular weight is 272 g/mol. The maximum atomic E-state index is 11.6. The molecular formula is C15H16N2O3. The van der Waals surface area contributed by atoms with Crippen molar-refractivity contribution in [3.8, 4) is 11.8 Å². The van der Waals surface area contributed by atoms with Gasteiger partial charge in [-0.3, -0.25) is 14.5 Å². The standard InChI is InChI=1S/C15H16N2O3/c16-11-12-5-1-2-6-13(12)20-10-4-9-17-14(18)7-3-8-15(17)19/h1-2,5-6H,3-4,7-10H2. The topological polar surface area (TPSA) is 70.4 Å². The highest BCUT2D eigenvalue weighted by molar-refractivity contribution is 5.97. The Hall–Kier alpha value is -2.35. The molecule has 0 N–H and O–H groups in total. The Kier molecular flexibility index (Phi) is 4.72. The monoisotopic (exact) mass is 272 g/mol. The molecule has 1 heterocycles. The van der Waals surface area contributed by atoms with Gasteiger partial charge in [0.2, 0.25) is 11.8 Å². The number of benzene rings is 1. The van der Waals surface area contributed by atoms with Crippen LogP contribution in [0.5, 0.6) is 5.75 Å². The van der Waals surface area contributed by atoms with Crippen LogP contribution in [-0.2, 0) is 9.59 Å². The highest BCUT2D eigenvalue weighted by Gasteiger charge is 2.24. The van der Waals surface area contributed by atoms with Gasteiger partial charge in [0.15, 0.2) is 0 Å². The smallest absolute Gasteiger partial charge is 0.229 e. The molecule has 0 atom stereocenters. The minimum atomic E-state index is -0.0984. The van der Waals surface area contributed by atoms with Crippen LogP contribution in [0.1, 0.15) is 31.2 Å². The molecule has 20 heavy (non-hydrogen) atoms. The number of ether oxygens (including phenoxy) is 1. The molecule has 1 aromatic rings. The number of para-hydroxylation sites is 1. The predicted molar refractivity (Wildman–Crippen MR) is 71.8 cm³/mol. The van der Waals surface area contributed by atoms with Gasteiger partial charge in [0, 0.05) is 19.4 Å². The minimum absolute atomic E-state index is 0.0984. The molecule has 0 spiro atoms. The van der Waals surface area contributed by atoms with Gasteiger partial charge in [-0.1, -0.05) is 12.1 Å². The Morgan fingerprint density at radius 2 is 1.90 bits per heavy atom. The zero-order valence-corrected chi connectivity index (χ0v) is 11.2. The van der Waals surface area contributed by atoms with E-state index in [9.17, 15) is 9.59 Å². The molecule has 1 fully saturated rings. The summed E-state index contributed by atoms with van der Waals surface area (Å²) in [6.45, 7) is 0.752. The quantitative estimate of drug-likeness (QED) is 0.606. The molecule has 0 bridgehead atoms. The van der Waals surface area contributed by atoms with E-state index >= 15 is 0 Å². The number of carbonyl (C=O) groups excluding carboxylic acids is 2. The summed E-state index contributed by atoms with van der Waals surface area (Å²) in [6.07, 6.45) is 2.12. The van der Waals surface area contributed by atoms with Crippen LogP contribution in [0.4, 0.5) is 0 Å². The van der Waals surface area contributed by atoms with E-state index in [0.29, 0.717) is 50.1 Å². The lowest BCUT2D eigenvalue weighted by atomic mass is 10.1. The number of likely N-dealkylation sites (tertiary alicyclic amines) is 1. The first-order chi connectivity index (χ1) is 9.72. The summed E-state index contributed by atoms with van der Waals surface area (Å²) in [5.74, 6) is 0.337. The Morgan fingerprint density at radius 3 is 2.60 bits per heavy atom. The maximum absolute atomic E-state index is 11.6. The molecule has 104 valence electrons. The van der Waals surface area contributed by atoms with E-state index in [1.807, 2.05) is 0 Å². The molecule has 5 nitrogen and oxygen atoms in total. The molecule has 1 saturated heterocycles. The summed E-state index contributed by atoms with van der Waals surface area (Å²) in [7, 11) is 0. The molecule has 1 aliphatic rings. The molecule has 2 amide bonds. The zero-order valence-electron chi connectivity index (χ0n) is 11.2. The van der Waals surface area contributed by atoms with Crippen molar-refractivity contribution in [1.82, 2.24) is 4.90 Å². The number of imide groups is 1. The molecule has 0 radical (unpaired) electrons. The van der Waals surface area contributed by atoms with Crippen LogP contribution in [0, 0.1) is 11.3 Å². The summed E-state index contributed by atoms with van der Waals surface area (Å²) in [4.78, 5) is 24.5. The molecule has 1 aromatic carbocycles. The van der Waals surface area contributed by atoms with E-state index in [1.54, 1.807) is 24.3 Å². The fourth-order valence-corrected chi connectivity index (χ4v) is 2.14. The third kappa shape index (κ3) is 3.35. The van der Waals surface area contributed by atoms with Gasteiger partial charge >= 0.3 is 0 Å². The third-order valence-corrected chi connectivity index (χ3v) is 3.17. The zero-order chi connectivity index (χ0) is 14.4. The fraction of sp³-hybridized carbons (Fsp3) is 0.400. The fourth-order valence-electron chi connectivity index (χ4n) is 2.14. The van der Waals surface area contributed by atoms with Crippen LogP contribution in [0.3, 0.4) is 0 Å². The van der Waals surface area contributed by atoms with Crippen molar-refractivity contribution in [2.24, 2.45) is 0 Å². The van der Waals surface area contributed by atoms with Crippen molar-refractivity contribution in [2.45, 2.75) is 25.7 Å². The predicted octanol–water partition coefficient (Wildman–Crippen LogP) is 1.87. The molecular weight excluding hydrogens is 256 g/mol. The second kappa shape index (κ2) is 6.71. The van der Waals surface area contributed by atoms with E-state index in [-0.39, 0.29) is 11.8 Å². The van der Waals surface area contributed by atoms with Gasteiger partial charge in [-0.15, -0.1) is 0 Å². The van der Waals surface area contributed by atoms with Crippen molar-refractivity contribution in [3.63, 3.8) is 0 Å². The number of piperidine rings is 1. The van der Waals surface area contributed by atoms with Crippen molar-refractivity contribution in [2.75, 3.05) is 13.2 Å². The summed E-state index contributed by atoms with van der Waals surface area (Å²) >= 11 is 0. The van der Waals surface area contributed by atoms with Crippen molar-refractivity contribution in [3.05, 3.63) is 29.8 Å². The molecule has 2 rings (SSSR count). The number of amides is 2. The third-order valence-electron chi connectivity index (χ3n) is 3.17. The van der Waals surface area contributed by atoms with Crippen LogP contribution < -0.4 is 4.74 Å². The Labute approximate surface area is 117 Å². The highest BCUT2D eigenvalue weighted by Crippen LogP contribution is 2.17. The Balaban J connectivity index is 1.80. The number of carbonyl (C=O) groups is 2. The van der Waals surface area contributed by atoms with E-state index in [0.717, 1.165) is 0 Å². The second-order valence-corrected chi connectivity index (χ2v) is 4.60. The first-order valence-electron chi connectivity index (χ1n) is 6.67. The highest BCUT2D eigenvalue weighted by atomic mass is 16.5. The summed E-state index contributed by atoms with van der Waals surface area (Å²) in [5.41, 5.74) is 0.484. The van der Waals surface area contributed by atoms with Crippen molar-refractivity contribution in [1.29, 1.82) is 5.26 Å². The van der Waals surface area contributed by atoms with Crippen LogP contribution in [-0.4, -0.2) is 29.9 Å². The lowest BCUT2D eigenvalue weighted by Gasteiger charge is -2.24. The van der Waals surface area contributed by atoms with Gasteiger partial charge in [-0.2, -0.15) is 5.26 Å². The number of hydrogen-bond acceptors (Lipinski definition) is 4. The lowest BCUT2D eigenvalue weighted by molar-refractivity contribution is -0.148. The summed E-state index contributed by atoms with van der Waals surface area (Å²) in [6, 6.07) is 9.05. The molecule has 0 saturated carbocycles. The number of nitrogens with zero attached hydrogens (tertiary/aromatic N) is 2. The van der Waals surface area contributed by atoms with Gasteiger partial charge in [-0.05, 0) is 25.0 Å². The van der Waals surface area contributed by atoms with Gasteiger partial charge < -0.3 is 4.74 Å². The van der Waals surface area contributed by atoms with Crippen LogP contribution in [0.15, 0.2) is 24.3 Å². The van der Waals surface area contributed by atoms with E-state index < -0.39 is 0 Å². The molecule has 0 aliphatic carbocycles. The van der Waals surface area contributed by atoms with Gasteiger partial charge in [0.05, 0.1) is 12.2 Å². The van der Waals surface area contributed by atoms with Crippen molar-refractivity contribution < 1.29 is 14.3 Å². The van der Waals surface area contributed by atoms with Crippen LogP contribution in [0.2, 0.25) is 0 Å². The van der Waals surface area contributed by atoms with Gasteiger partial charge in [-0.25, -0.2) is 0 Å². The van der Waals surface area contributed by atoms with Gasteiger partial charge in [0.1, 0.15) is 11.8 Å². The largest absolute Gasteiger partial charge is 0.492 e. The number of nitriles is 1. The molecule has 5 heteroatoms. The molecule has 1 aliphatic heterocycles. The SMILES string of the molecule is N#Cc1ccccc1OCCCN1C(=O)CCCC1=O. The number of hydrogen-bond donors (Lipinski definition) is 0. The first kappa shape index (κ1) is 14.1. The Bertz CT molecular complexity index is 532. The second-order valence-electron chi connectivity index (χ2n) is 4.60. The average Bonchev–Trinajstić information content (AvgIpc) is 2.46. The maximum Gasteiger partial charge on any atom is 0.229 e. The molecule has 0 unspecified atom stereocenters. The number of rotatable bonds is 5. The van der Waals surface area contributed by atoms with E-state index in [2.05, 4.69) is 6.07 Å². The lowest BCUT2D eigenvalue weighted by Crippen LogP contribution is -2.41. The van der Waals surface area contributed by atoms with Gasteiger partial charge in [0.25, 0.3) is 0 Å². The van der Waals surface area contributed by atoms with Crippen molar-refractivity contribution >= 4 is 11.8 Å². The first-order valence-corrected chi connectivity index (χ1v) is 6.67.